The molecule has 174 valence electrons. The number of carbonyl (C=O) groups excluding carboxylic acids is 1. The van der Waals surface area contributed by atoms with Crippen LogP contribution in [0.4, 0.5) is 5.69 Å². The van der Waals surface area contributed by atoms with E-state index in [0.29, 0.717) is 25.2 Å². The molecule has 1 saturated heterocycles. The lowest BCUT2D eigenvalue weighted by Gasteiger charge is -2.22. The number of carbonyl (C=O) groups is 1. The van der Waals surface area contributed by atoms with Crippen LogP contribution in [0.1, 0.15) is 31.7 Å². The van der Waals surface area contributed by atoms with Crippen LogP contribution < -0.4 is 5.32 Å². The number of hydrogen-bond acceptors (Lipinski definition) is 5. The third kappa shape index (κ3) is 5.37. The summed E-state index contributed by atoms with van der Waals surface area (Å²) >= 11 is 0. The number of aryl methyl sites for hydroxylation is 1. The van der Waals surface area contributed by atoms with Crippen molar-refractivity contribution in [2.45, 2.75) is 42.9 Å². The molecule has 0 spiro atoms. The molecule has 1 aliphatic rings. The molecule has 0 bridgehead atoms. The molecule has 0 radical (unpaired) electrons. The third-order valence-electron chi connectivity index (χ3n) is 5.38. The second-order valence-corrected chi connectivity index (χ2v) is 11.7. The summed E-state index contributed by atoms with van der Waals surface area (Å²) in [5.74, 6) is -0.440. The van der Waals surface area contributed by atoms with E-state index in [1.165, 1.54) is 28.6 Å². The van der Waals surface area contributed by atoms with Gasteiger partial charge in [-0.15, -0.1) is 0 Å². The van der Waals surface area contributed by atoms with Crippen molar-refractivity contribution in [1.82, 2.24) is 8.61 Å². The van der Waals surface area contributed by atoms with Crippen molar-refractivity contribution >= 4 is 31.6 Å². The number of rotatable bonds is 9. The minimum Gasteiger partial charge on any atom is -0.325 e. The van der Waals surface area contributed by atoms with Gasteiger partial charge in [0.1, 0.15) is 0 Å². The van der Waals surface area contributed by atoms with Crippen LogP contribution in [0.25, 0.3) is 0 Å². The third-order valence-corrected chi connectivity index (χ3v) is 9.15. The molecule has 0 saturated carbocycles. The number of nitrogens with zero attached hydrogens (tertiary/aromatic N) is 2. The van der Waals surface area contributed by atoms with Gasteiger partial charge >= 0.3 is 0 Å². The fraction of sp³-hybridized carbons (Fsp3) is 0.409. The van der Waals surface area contributed by atoms with Gasteiger partial charge in [0, 0.05) is 25.3 Å². The van der Waals surface area contributed by atoms with E-state index in [0.717, 1.165) is 22.7 Å². The van der Waals surface area contributed by atoms with Gasteiger partial charge in [0.05, 0.1) is 16.3 Å². The van der Waals surface area contributed by atoms with Gasteiger partial charge in [-0.05, 0) is 62.1 Å². The van der Waals surface area contributed by atoms with E-state index in [1.54, 1.807) is 12.1 Å². The molecule has 0 aliphatic carbocycles. The standard InChI is InChI=1S/C22H29N3O5S2/c1-3-14-25(17-22(26)23-21-9-5-4-8-18(21)2)32(29,30)20-12-10-19(11-13-20)31(27,28)24-15-6-7-16-24/h4-5,8-13H,3,6-7,14-17H2,1-2H3,(H,23,26). The van der Waals surface area contributed by atoms with Gasteiger partial charge in [0.15, 0.2) is 0 Å². The monoisotopic (exact) mass is 479 g/mol. The van der Waals surface area contributed by atoms with Crippen LogP contribution in [0.5, 0.6) is 0 Å². The van der Waals surface area contributed by atoms with Crippen molar-refractivity contribution in [3.63, 3.8) is 0 Å². The highest BCUT2D eigenvalue weighted by molar-refractivity contribution is 7.89. The van der Waals surface area contributed by atoms with Crippen LogP contribution >= 0.6 is 0 Å². The van der Waals surface area contributed by atoms with E-state index in [9.17, 15) is 21.6 Å². The average Bonchev–Trinajstić information content (AvgIpc) is 3.31. The molecular formula is C22H29N3O5S2. The minimum atomic E-state index is -3.98. The highest BCUT2D eigenvalue weighted by atomic mass is 32.2. The van der Waals surface area contributed by atoms with Crippen LogP contribution in [0.3, 0.4) is 0 Å². The van der Waals surface area contributed by atoms with Gasteiger partial charge in [-0.3, -0.25) is 4.79 Å². The average molecular weight is 480 g/mol. The van der Waals surface area contributed by atoms with Gasteiger partial charge in [0.2, 0.25) is 26.0 Å². The zero-order valence-corrected chi connectivity index (χ0v) is 20.0. The summed E-state index contributed by atoms with van der Waals surface area (Å²) in [5, 5.41) is 2.75. The summed E-state index contributed by atoms with van der Waals surface area (Å²) in [7, 11) is -7.61. The topological polar surface area (TPSA) is 104 Å². The summed E-state index contributed by atoms with van der Waals surface area (Å²) in [6.07, 6.45) is 2.17. The second kappa shape index (κ2) is 10.1. The molecule has 0 unspecified atom stereocenters. The molecule has 1 amide bonds. The van der Waals surface area contributed by atoms with Crippen LogP contribution in [-0.2, 0) is 24.8 Å². The van der Waals surface area contributed by atoms with E-state index >= 15 is 0 Å². The molecule has 32 heavy (non-hydrogen) atoms. The first-order valence-electron chi connectivity index (χ1n) is 10.6. The Morgan fingerprint density at radius 1 is 0.969 bits per heavy atom. The lowest BCUT2D eigenvalue weighted by molar-refractivity contribution is -0.116. The Balaban J connectivity index is 1.78. The maximum absolute atomic E-state index is 13.2. The number of sulfonamides is 2. The molecule has 1 heterocycles. The van der Waals surface area contributed by atoms with Gasteiger partial charge in [-0.25, -0.2) is 16.8 Å². The zero-order valence-electron chi connectivity index (χ0n) is 18.3. The van der Waals surface area contributed by atoms with E-state index in [-0.39, 0.29) is 22.9 Å². The molecular weight excluding hydrogens is 450 g/mol. The van der Waals surface area contributed by atoms with Crippen molar-refractivity contribution in [1.29, 1.82) is 0 Å². The minimum absolute atomic E-state index is 0.0463. The summed E-state index contributed by atoms with van der Waals surface area (Å²) in [6.45, 7) is 4.46. The van der Waals surface area contributed by atoms with Crippen LogP contribution in [0.15, 0.2) is 58.3 Å². The van der Waals surface area contributed by atoms with Gasteiger partial charge in [0.25, 0.3) is 0 Å². The fourth-order valence-electron chi connectivity index (χ4n) is 3.61. The fourth-order valence-corrected chi connectivity index (χ4v) is 6.61. The van der Waals surface area contributed by atoms with Crippen LogP contribution in [0.2, 0.25) is 0 Å². The number of amides is 1. The zero-order chi connectivity index (χ0) is 23.4. The van der Waals surface area contributed by atoms with Crippen molar-refractivity contribution in [3.8, 4) is 0 Å². The lowest BCUT2D eigenvalue weighted by Crippen LogP contribution is -2.38. The Bertz CT molecular complexity index is 1160. The molecule has 8 nitrogen and oxygen atoms in total. The Morgan fingerprint density at radius 2 is 1.56 bits per heavy atom. The van der Waals surface area contributed by atoms with E-state index < -0.39 is 26.0 Å². The molecule has 3 rings (SSSR count). The Labute approximate surface area is 190 Å². The maximum atomic E-state index is 13.2. The second-order valence-electron chi connectivity index (χ2n) is 7.78. The van der Waals surface area contributed by atoms with Crippen LogP contribution in [-0.4, -0.2) is 57.5 Å². The Kier molecular flexibility index (Phi) is 7.71. The molecule has 0 aromatic heterocycles. The van der Waals surface area contributed by atoms with Gasteiger partial charge in [-0.1, -0.05) is 25.1 Å². The highest BCUT2D eigenvalue weighted by Crippen LogP contribution is 2.24. The van der Waals surface area contributed by atoms with E-state index in [4.69, 9.17) is 0 Å². The number of para-hydroxylation sites is 1. The first-order chi connectivity index (χ1) is 15.2. The predicted octanol–water partition coefficient (Wildman–Crippen LogP) is 2.82. The van der Waals surface area contributed by atoms with Gasteiger partial charge in [-0.2, -0.15) is 8.61 Å². The molecule has 1 N–H and O–H groups in total. The van der Waals surface area contributed by atoms with Crippen LogP contribution in [0, 0.1) is 6.92 Å². The largest absolute Gasteiger partial charge is 0.325 e. The normalized spacial score (nSPS) is 15.2. The van der Waals surface area contributed by atoms with E-state index in [2.05, 4.69) is 5.32 Å². The number of nitrogens with one attached hydrogen (secondary N) is 1. The molecule has 1 aliphatic heterocycles. The summed E-state index contributed by atoms with van der Waals surface area (Å²) in [4.78, 5) is 12.6. The Hall–Kier alpha value is -2.27. The summed E-state index contributed by atoms with van der Waals surface area (Å²) in [5.41, 5.74) is 1.50. The Morgan fingerprint density at radius 3 is 2.16 bits per heavy atom. The predicted molar refractivity (Wildman–Crippen MR) is 123 cm³/mol. The summed E-state index contributed by atoms with van der Waals surface area (Å²) < 4.78 is 54.3. The maximum Gasteiger partial charge on any atom is 0.243 e. The van der Waals surface area contributed by atoms with Crippen molar-refractivity contribution in [2.24, 2.45) is 0 Å². The number of benzene rings is 2. The quantitative estimate of drug-likeness (QED) is 0.596. The molecule has 2 aromatic carbocycles. The summed E-state index contributed by atoms with van der Waals surface area (Å²) in [6, 6.07) is 12.5. The molecule has 10 heteroatoms. The lowest BCUT2D eigenvalue weighted by atomic mass is 10.2. The first-order valence-corrected chi connectivity index (χ1v) is 13.5. The van der Waals surface area contributed by atoms with Crippen molar-refractivity contribution in [2.75, 3.05) is 31.5 Å². The van der Waals surface area contributed by atoms with Crippen molar-refractivity contribution in [3.05, 3.63) is 54.1 Å². The molecule has 1 fully saturated rings. The molecule has 2 aromatic rings. The first kappa shape index (κ1) is 24.4. The number of hydrogen-bond donors (Lipinski definition) is 1. The van der Waals surface area contributed by atoms with Crippen molar-refractivity contribution < 1.29 is 21.6 Å². The highest BCUT2D eigenvalue weighted by Gasteiger charge is 2.29. The SMILES string of the molecule is CCCN(CC(=O)Nc1ccccc1C)S(=O)(=O)c1ccc(S(=O)(=O)N2CCCC2)cc1. The molecule has 0 atom stereocenters. The smallest absolute Gasteiger partial charge is 0.243 e. The van der Waals surface area contributed by atoms with E-state index in [1.807, 2.05) is 26.0 Å². The number of anilines is 1. The van der Waals surface area contributed by atoms with Gasteiger partial charge < -0.3 is 5.32 Å².